The number of benzene rings is 1. The highest BCUT2D eigenvalue weighted by Crippen LogP contribution is 2.42. The number of para-hydroxylation sites is 2. The molecule has 1 atom stereocenters. The van der Waals surface area contributed by atoms with E-state index in [-0.39, 0.29) is 63.8 Å². The van der Waals surface area contributed by atoms with E-state index in [4.69, 9.17) is 28.4 Å². The maximum Gasteiger partial charge on any atom is 0.162 e. The standard InChI is InChI=1S/C12H16O2.2C8H16O2.4CH4/c1-11(2)12(3,4)14-10-8-6-5-7-9(10)13-11;1-7(2)8(3,4)10-6-5-9-7;1-7-8(2,3)10-6-4-5-9-7;;;;/h5-8H,1-4H3;5-6H2,1-4H3;7H,4-6H2,1-3H3;4*1H4. The second-order valence-corrected chi connectivity index (χ2v) is 11.7. The lowest BCUT2D eigenvalue weighted by atomic mass is 9.88. The summed E-state index contributed by atoms with van der Waals surface area (Å²) in [6, 6.07) is 7.78. The van der Waals surface area contributed by atoms with E-state index in [1.54, 1.807) is 0 Å². The van der Waals surface area contributed by atoms with Gasteiger partial charge in [-0.15, -0.1) is 0 Å². The van der Waals surface area contributed by atoms with Crippen molar-refractivity contribution in [3.63, 3.8) is 0 Å². The van der Waals surface area contributed by atoms with Crippen molar-refractivity contribution in [3.05, 3.63) is 24.3 Å². The average molecular weight is 545 g/mol. The molecule has 0 spiro atoms. The zero-order valence-corrected chi connectivity index (χ0v) is 23.4. The summed E-state index contributed by atoms with van der Waals surface area (Å²) < 4.78 is 34.0. The molecule has 3 aliphatic heterocycles. The molecular formula is C32H64O6. The van der Waals surface area contributed by atoms with Gasteiger partial charge in [0, 0.05) is 13.2 Å². The number of rotatable bonds is 0. The Labute approximate surface area is 237 Å². The summed E-state index contributed by atoms with van der Waals surface area (Å²) in [5, 5.41) is 0. The summed E-state index contributed by atoms with van der Waals surface area (Å²) >= 11 is 0. The second-order valence-electron chi connectivity index (χ2n) is 11.7. The van der Waals surface area contributed by atoms with Crippen molar-refractivity contribution in [2.45, 2.75) is 146 Å². The molecule has 2 fully saturated rings. The van der Waals surface area contributed by atoms with Gasteiger partial charge in [0.1, 0.15) is 11.2 Å². The van der Waals surface area contributed by atoms with Crippen molar-refractivity contribution in [1.82, 2.24) is 0 Å². The van der Waals surface area contributed by atoms with Crippen molar-refractivity contribution in [2.24, 2.45) is 0 Å². The van der Waals surface area contributed by atoms with Crippen molar-refractivity contribution in [3.8, 4) is 11.5 Å². The monoisotopic (exact) mass is 544 g/mol. The van der Waals surface area contributed by atoms with Crippen LogP contribution in [0.15, 0.2) is 24.3 Å². The lowest BCUT2D eigenvalue weighted by Crippen LogP contribution is -2.56. The summed E-state index contributed by atoms with van der Waals surface area (Å²) in [6.45, 7) is 25.7. The summed E-state index contributed by atoms with van der Waals surface area (Å²) in [5.41, 5.74) is -1.00. The molecule has 0 radical (unpaired) electrons. The highest BCUT2D eigenvalue weighted by molar-refractivity contribution is 5.42. The van der Waals surface area contributed by atoms with Gasteiger partial charge in [-0.1, -0.05) is 41.8 Å². The van der Waals surface area contributed by atoms with Crippen molar-refractivity contribution >= 4 is 0 Å². The average Bonchev–Trinajstić information content (AvgIpc) is 2.86. The van der Waals surface area contributed by atoms with Gasteiger partial charge in [-0.05, 0) is 94.7 Å². The van der Waals surface area contributed by atoms with Gasteiger partial charge in [0.05, 0.1) is 36.1 Å². The largest absolute Gasteiger partial charge is 0.480 e. The Morgan fingerprint density at radius 1 is 0.553 bits per heavy atom. The van der Waals surface area contributed by atoms with Crippen LogP contribution < -0.4 is 9.47 Å². The van der Waals surface area contributed by atoms with Crippen molar-refractivity contribution in [2.75, 3.05) is 26.4 Å². The zero-order chi connectivity index (χ0) is 25.8. The summed E-state index contributed by atoms with van der Waals surface area (Å²) in [6.07, 6.45) is 1.24. The molecule has 6 heteroatoms. The van der Waals surface area contributed by atoms with Crippen LogP contribution in [-0.4, -0.2) is 60.5 Å². The first-order valence-corrected chi connectivity index (χ1v) is 12.5. The quantitative estimate of drug-likeness (QED) is 0.325. The number of fused-ring (bicyclic) bond motifs is 1. The minimum atomic E-state index is -0.304. The Bertz CT molecular complexity index is 731. The highest BCUT2D eigenvalue weighted by Gasteiger charge is 2.45. The van der Waals surface area contributed by atoms with Crippen molar-refractivity contribution in [1.29, 1.82) is 0 Å². The summed E-state index contributed by atoms with van der Waals surface area (Å²) in [5.74, 6) is 1.66. The molecule has 2 saturated heterocycles. The van der Waals surface area contributed by atoms with Crippen LogP contribution in [0.1, 0.15) is 112 Å². The fourth-order valence-corrected chi connectivity index (χ4v) is 3.33. The Morgan fingerprint density at radius 3 is 1.32 bits per heavy atom. The molecule has 38 heavy (non-hydrogen) atoms. The molecule has 0 bridgehead atoms. The molecule has 0 amide bonds. The topological polar surface area (TPSA) is 55.4 Å². The van der Waals surface area contributed by atoms with Crippen LogP contribution in [0.5, 0.6) is 11.5 Å². The maximum absolute atomic E-state index is 5.91. The first-order chi connectivity index (χ1) is 15.5. The first-order valence-electron chi connectivity index (χ1n) is 12.5. The van der Waals surface area contributed by atoms with Gasteiger partial charge < -0.3 is 28.4 Å². The molecular weight excluding hydrogens is 480 g/mol. The van der Waals surface area contributed by atoms with E-state index in [1.165, 1.54) is 0 Å². The third-order valence-corrected chi connectivity index (χ3v) is 7.60. The van der Waals surface area contributed by atoms with Gasteiger partial charge in [-0.25, -0.2) is 0 Å². The van der Waals surface area contributed by atoms with Crippen LogP contribution in [-0.2, 0) is 18.9 Å². The van der Waals surface area contributed by atoms with Gasteiger partial charge in [-0.2, -0.15) is 0 Å². The van der Waals surface area contributed by atoms with Crippen LogP contribution in [0.25, 0.3) is 0 Å². The van der Waals surface area contributed by atoms with E-state index in [9.17, 15) is 0 Å². The Balaban J connectivity index is -0.000000469. The molecule has 4 rings (SSSR count). The normalized spacial score (nSPS) is 24.7. The van der Waals surface area contributed by atoms with Gasteiger partial charge in [0.2, 0.25) is 0 Å². The lowest BCUT2D eigenvalue weighted by molar-refractivity contribution is -0.230. The third-order valence-electron chi connectivity index (χ3n) is 7.60. The predicted octanol–water partition coefficient (Wildman–Crippen LogP) is 8.74. The SMILES string of the molecule is C.C.C.C.CC1(C)OCCOC1(C)C.CC1(C)Oc2ccccc2OC1(C)C.CC1OCCCOC1(C)C. The molecule has 0 N–H and O–H groups in total. The van der Waals surface area contributed by atoms with Crippen LogP contribution >= 0.6 is 0 Å². The first kappa shape index (κ1) is 41.1. The van der Waals surface area contributed by atoms with Crippen LogP contribution in [0.4, 0.5) is 0 Å². The maximum atomic E-state index is 5.91. The molecule has 0 aliphatic carbocycles. The van der Waals surface area contributed by atoms with Crippen molar-refractivity contribution < 1.29 is 28.4 Å². The Kier molecular flexibility index (Phi) is 16.7. The molecule has 1 unspecified atom stereocenters. The molecule has 1 aromatic carbocycles. The second kappa shape index (κ2) is 15.4. The smallest absolute Gasteiger partial charge is 0.162 e. The van der Waals surface area contributed by atoms with Gasteiger partial charge in [-0.3, -0.25) is 0 Å². The van der Waals surface area contributed by atoms with Gasteiger partial charge >= 0.3 is 0 Å². The van der Waals surface area contributed by atoms with E-state index in [2.05, 4.69) is 48.5 Å². The molecule has 3 aliphatic rings. The Hall–Kier alpha value is -1.34. The predicted molar refractivity (Wildman–Crippen MR) is 163 cm³/mol. The fourth-order valence-electron chi connectivity index (χ4n) is 3.33. The Morgan fingerprint density at radius 2 is 0.947 bits per heavy atom. The van der Waals surface area contributed by atoms with E-state index in [0.29, 0.717) is 0 Å². The molecule has 1 aromatic rings. The summed E-state index contributed by atoms with van der Waals surface area (Å²) in [7, 11) is 0. The number of hydrogen-bond acceptors (Lipinski definition) is 6. The van der Waals surface area contributed by atoms with Gasteiger partial charge in [0.25, 0.3) is 0 Å². The van der Waals surface area contributed by atoms with E-state index in [0.717, 1.165) is 44.3 Å². The fraction of sp³-hybridized carbons (Fsp3) is 0.812. The number of hydrogen-bond donors (Lipinski definition) is 0. The van der Waals surface area contributed by atoms with Crippen LogP contribution in [0, 0.1) is 0 Å². The van der Waals surface area contributed by atoms with E-state index < -0.39 is 0 Å². The lowest BCUT2D eigenvalue weighted by Gasteiger charge is -2.45. The molecule has 0 aromatic heterocycles. The van der Waals surface area contributed by atoms with Crippen LogP contribution in [0.3, 0.4) is 0 Å². The molecule has 228 valence electrons. The summed E-state index contributed by atoms with van der Waals surface area (Å²) in [4.78, 5) is 0. The molecule has 3 heterocycles. The van der Waals surface area contributed by atoms with E-state index >= 15 is 0 Å². The number of ether oxygens (including phenoxy) is 6. The van der Waals surface area contributed by atoms with E-state index in [1.807, 2.05) is 52.0 Å². The highest BCUT2D eigenvalue weighted by atomic mass is 16.6. The van der Waals surface area contributed by atoms with Gasteiger partial charge in [0.15, 0.2) is 11.5 Å². The molecule has 0 saturated carbocycles. The van der Waals surface area contributed by atoms with Crippen LogP contribution in [0.2, 0.25) is 0 Å². The molecule has 6 nitrogen and oxygen atoms in total. The zero-order valence-electron chi connectivity index (χ0n) is 23.4. The minimum Gasteiger partial charge on any atom is -0.480 e. The third kappa shape index (κ3) is 10.3. The minimum absolute atomic E-state index is 0.